The Kier molecular flexibility index (Phi) is 3.01. The predicted molar refractivity (Wildman–Crippen MR) is 64.4 cm³/mol. The van der Waals surface area contributed by atoms with Gasteiger partial charge in [-0.05, 0) is 40.0 Å². The molecule has 0 spiro atoms. The summed E-state index contributed by atoms with van der Waals surface area (Å²) in [4.78, 5) is 10.8. The fraction of sp³-hybridized carbons (Fsp3) is 0.250. The van der Waals surface area contributed by atoms with E-state index in [-0.39, 0.29) is 5.92 Å². The van der Waals surface area contributed by atoms with Crippen LogP contribution in [0.4, 0.5) is 0 Å². The van der Waals surface area contributed by atoms with Gasteiger partial charge < -0.3 is 9.52 Å². The highest BCUT2D eigenvalue weighted by atomic mass is 79.9. The van der Waals surface area contributed by atoms with Crippen molar-refractivity contribution in [3.8, 4) is 0 Å². The molecule has 1 aromatic carbocycles. The molecule has 0 aliphatic rings. The maximum Gasteiger partial charge on any atom is 0.306 e. The first-order chi connectivity index (χ1) is 7.58. The number of carboxylic acids is 1. The summed E-state index contributed by atoms with van der Waals surface area (Å²) in [7, 11) is 0. The number of rotatable bonds is 3. The summed E-state index contributed by atoms with van der Waals surface area (Å²) in [5, 5.41) is 9.82. The Bertz CT molecular complexity index is 530. The standard InChI is InChI=1S/C12H11BrO3/c1-7(12(14)15)4-8-2-3-11-9(5-8)10(13)6-16-11/h2-3,5-7H,4H2,1H3,(H,14,15). The molecular weight excluding hydrogens is 272 g/mol. The van der Waals surface area contributed by atoms with Gasteiger partial charge in [0.15, 0.2) is 0 Å². The molecule has 0 aliphatic heterocycles. The van der Waals surface area contributed by atoms with Gasteiger partial charge in [-0.1, -0.05) is 13.0 Å². The van der Waals surface area contributed by atoms with Crippen LogP contribution in [0, 0.1) is 5.92 Å². The minimum absolute atomic E-state index is 0.372. The van der Waals surface area contributed by atoms with E-state index >= 15 is 0 Å². The fourth-order valence-electron chi connectivity index (χ4n) is 1.61. The third kappa shape index (κ3) is 2.11. The highest BCUT2D eigenvalue weighted by Gasteiger charge is 2.12. The lowest BCUT2D eigenvalue weighted by Gasteiger charge is -2.05. The molecule has 2 aromatic rings. The molecule has 1 aromatic heterocycles. The van der Waals surface area contributed by atoms with Crippen LogP contribution in [0.1, 0.15) is 12.5 Å². The van der Waals surface area contributed by atoms with Crippen LogP contribution in [0.3, 0.4) is 0 Å². The van der Waals surface area contributed by atoms with E-state index in [1.807, 2.05) is 18.2 Å². The quantitative estimate of drug-likeness (QED) is 0.938. The van der Waals surface area contributed by atoms with Crippen molar-refractivity contribution in [2.45, 2.75) is 13.3 Å². The topological polar surface area (TPSA) is 50.4 Å². The Hall–Kier alpha value is -1.29. The molecular formula is C12H11BrO3. The molecule has 0 saturated carbocycles. The SMILES string of the molecule is CC(Cc1ccc2occ(Br)c2c1)C(=O)O. The van der Waals surface area contributed by atoms with E-state index < -0.39 is 5.97 Å². The van der Waals surface area contributed by atoms with Gasteiger partial charge in [-0.3, -0.25) is 4.79 Å². The van der Waals surface area contributed by atoms with Crippen LogP contribution in [-0.2, 0) is 11.2 Å². The number of aliphatic carboxylic acids is 1. The Morgan fingerprint density at radius 2 is 2.31 bits per heavy atom. The van der Waals surface area contributed by atoms with E-state index in [0.29, 0.717) is 6.42 Å². The average molecular weight is 283 g/mol. The first kappa shape index (κ1) is 11.2. The summed E-state index contributed by atoms with van der Waals surface area (Å²) in [6.45, 7) is 1.71. The lowest BCUT2D eigenvalue weighted by Crippen LogP contribution is -2.12. The van der Waals surface area contributed by atoms with Gasteiger partial charge in [-0.25, -0.2) is 0 Å². The van der Waals surface area contributed by atoms with E-state index in [4.69, 9.17) is 9.52 Å². The molecule has 2 rings (SSSR count). The Morgan fingerprint density at radius 3 is 3.00 bits per heavy atom. The maximum atomic E-state index is 10.8. The third-order valence-corrected chi connectivity index (χ3v) is 3.17. The number of hydrogen-bond acceptors (Lipinski definition) is 2. The van der Waals surface area contributed by atoms with Crippen LogP contribution in [0.2, 0.25) is 0 Å². The van der Waals surface area contributed by atoms with Crippen molar-refractivity contribution in [2.75, 3.05) is 0 Å². The number of benzene rings is 1. The van der Waals surface area contributed by atoms with Crippen molar-refractivity contribution in [3.05, 3.63) is 34.5 Å². The molecule has 1 atom stereocenters. The van der Waals surface area contributed by atoms with Crippen molar-refractivity contribution in [3.63, 3.8) is 0 Å². The highest BCUT2D eigenvalue weighted by molar-refractivity contribution is 9.10. The minimum atomic E-state index is -0.772. The van der Waals surface area contributed by atoms with Crippen LogP contribution < -0.4 is 0 Å². The molecule has 0 bridgehead atoms. The second kappa shape index (κ2) is 4.29. The first-order valence-corrected chi connectivity index (χ1v) is 5.75. The summed E-state index contributed by atoms with van der Waals surface area (Å²) in [5.74, 6) is -1.14. The molecule has 1 heterocycles. The molecule has 1 N–H and O–H groups in total. The van der Waals surface area contributed by atoms with Gasteiger partial charge in [0.25, 0.3) is 0 Å². The second-order valence-electron chi connectivity index (χ2n) is 3.86. The molecule has 3 nitrogen and oxygen atoms in total. The molecule has 1 unspecified atom stereocenters. The van der Waals surface area contributed by atoms with Crippen LogP contribution >= 0.6 is 15.9 Å². The number of hydrogen-bond donors (Lipinski definition) is 1. The monoisotopic (exact) mass is 282 g/mol. The molecule has 16 heavy (non-hydrogen) atoms. The molecule has 84 valence electrons. The van der Waals surface area contributed by atoms with Crippen molar-refractivity contribution >= 4 is 32.9 Å². The molecule has 0 aliphatic carbocycles. The van der Waals surface area contributed by atoms with Gasteiger partial charge >= 0.3 is 5.97 Å². The maximum absolute atomic E-state index is 10.8. The summed E-state index contributed by atoms with van der Waals surface area (Å²) in [6.07, 6.45) is 2.16. The van der Waals surface area contributed by atoms with Crippen molar-refractivity contribution < 1.29 is 14.3 Å². The molecule has 4 heteroatoms. The summed E-state index contributed by atoms with van der Waals surface area (Å²) >= 11 is 3.39. The van der Waals surface area contributed by atoms with E-state index in [9.17, 15) is 4.79 Å². The van der Waals surface area contributed by atoms with Crippen LogP contribution in [-0.4, -0.2) is 11.1 Å². The Balaban J connectivity index is 2.32. The van der Waals surface area contributed by atoms with Gasteiger partial charge in [-0.2, -0.15) is 0 Å². The number of furan rings is 1. The largest absolute Gasteiger partial charge is 0.481 e. The van der Waals surface area contributed by atoms with Crippen LogP contribution in [0.15, 0.2) is 33.4 Å². The Labute approximate surface area is 101 Å². The van der Waals surface area contributed by atoms with Gasteiger partial charge in [0.05, 0.1) is 10.4 Å². The van der Waals surface area contributed by atoms with Gasteiger partial charge in [-0.15, -0.1) is 0 Å². The number of carbonyl (C=O) groups is 1. The summed E-state index contributed by atoms with van der Waals surface area (Å²) < 4.78 is 6.19. The van der Waals surface area contributed by atoms with Crippen molar-refractivity contribution in [1.29, 1.82) is 0 Å². The minimum Gasteiger partial charge on any atom is -0.481 e. The zero-order chi connectivity index (χ0) is 11.7. The summed E-state index contributed by atoms with van der Waals surface area (Å²) in [6, 6.07) is 5.73. The first-order valence-electron chi connectivity index (χ1n) is 4.96. The van der Waals surface area contributed by atoms with Crippen LogP contribution in [0.25, 0.3) is 11.0 Å². The number of halogens is 1. The predicted octanol–water partition coefficient (Wildman–Crippen LogP) is 3.46. The van der Waals surface area contributed by atoms with E-state index in [2.05, 4.69) is 15.9 Å². The third-order valence-electron chi connectivity index (χ3n) is 2.55. The van der Waals surface area contributed by atoms with Crippen LogP contribution in [0.5, 0.6) is 0 Å². The molecule has 0 amide bonds. The molecule has 0 radical (unpaired) electrons. The fourth-order valence-corrected chi connectivity index (χ4v) is 2.02. The second-order valence-corrected chi connectivity index (χ2v) is 4.71. The molecule has 0 saturated heterocycles. The number of fused-ring (bicyclic) bond motifs is 1. The zero-order valence-corrected chi connectivity index (χ0v) is 10.3. The average Bonchev–Trinajstić information content (AvgIpc) is 2.60. The smallest absolute Gasteiger partial charge is 0.306 e. The van der Waals surface area contributed by atoms with Gasteiger partial charge in [0, 0.05) is 5.39 Å². The van der Waals surface area contributed by atoms with Gasteiger partial charge in [0.2, 0.25) is 0 Å². The normalized spacial score (nSPS) is 12.9. The summed E-state index contributed by atoms with van der Waals surface area (Å²) in [5.41, 5.74) is 1.81. The number of carboxylic acid groups (broad SMARTS) is 1. The Morgan fingerprint density at radius 1 is 1.56 bits per heavy atom. The zero-order valence-electron chi connectivity index (χ0n) is 8.74. The highest BCUT2D eigenvalue weighted by Crippen LogP contribution is 2.27. The van der Waals surface area contributed by atoms with Crippen molar-refractivity contribution in [1.82, 2.24) is 0 Å². The van der Waals surface area contributed by atoms with E-state index in [0.717, 1.165) is 21.0 Å². The lowest BCUT2D eigenvalue weighted by atomic mass is 10.0. The van der Waals surface area contributed by atoms with Crippen molar-refractivity contribution in [2.24, 2.45) is 5.92 Å². The lowest BCUT2D eigenvalue weighted by molar-refractivity contribution is -0.141. The van der Waals surface area contributed by atoms with E-state index in [1.165, 1.54) is 0 Å². The van der Waals surface area contributed by atoms with E-state index in [1.54, 1.807) is 13.2 Å². The van der Waals surface area contributed by atoms with Gasteiger partial charge in [0.1, 0.15) is 11.8 Å². The molecule has 0 fully saturated rings.